The molecule has 2 aromatic rings. The molecule has 2 rings (SSSR count). The van der Waals surface area contributed by atoms with E-state index in [2.05, 4.69) is 36.5 Å². The van der Waals surface area contributed by atoms with Crippen molar-refractivity contribution < 1.29 is 13.2 Å². The zero-order valence-electron chi connectivity index (χ0n) is 18.5. The van der Waals surface area contributed by atoms with E-state index in [0.717, 1.165) is 40.9 Å². The molecule has 0 saturated carbocycles. The van der Waals surface area contributed by atoms with Crippen LogP contribution in [0.15, 0.2) is 36.4 Å². The molecule has 0 aliphatic heterocycles. The zero-order chi connectivity index (χ0) is 22.3. The van der Waals surface area contributed by atoms with Gasteiger partial charge in [-0.1, -0.05) is 47.5 Å². The highest BCUT2D eigenvalue weighted by atomic mass is 32.2. The van der Waals surface area contributed by atoms with Gasteiger partial charge in [-0.3, -0.25) is 9.10 Å². The number of aryl methyl sites for hydroxylation is 4. The molecule has 0 atom stereocenters. The maximum Gasteiger partial charge on any atom is 0.240 e. The third-order valence-electron chi connectivity index (χ3n) is 4.75. The number of thioether (sulfide) groups is 1. The molecule has 0 aliphatic rings. The monoisotopic (exact) mass is 448 g/mol. The lowest BCUT2D eigenvalue weighted by atomic mass is 10.1. The Balaban J connectivity index is 1.85. The summed E-state index contributed by atoms with van der Waals surface area (Å²) in [5.41, 5.74) is 5.89. The molecule has 0 aliphatic carbocycles. The number of carbonyl (C=O) groups excluding carboxylic acids is 1. The van der Waals surface area contributed by atoms with E-state index in [-0.39, 0.29) is 12.5 Å². The quantitative estimate of drug-likeness (QED) is 0.555. The van der Waals surface area contributed by atoms with Crippen molar-refractivity contribution in [3.05, 3.63) is 64.2 Å². The topological polar surface area (TPSA) is 66.5 Å². The van der Waals surface area contributed by atoms with E-state index in [4.69, 9.17) is 0 Å². The fourth-order valence-corrected chi connectivity index (χ4v) is 5.28. The lowest BCUT2D eigenvalue weighted by molar-refractivity contribution is -0.119. The van der Waals surface area contributed by atoms with E-state index in [9.17, 15) is 13.2 Å². The van der Waals surface area contributed by atoms with Crippen LogP contribution in [0.4, 0.5) is 5.69 Å². The Morgan fingerprint density at radius 3 is 2.17 bits per heavy atom. The van der Waals surface area contributed by atoms with Crippen molar-refractivity contribution >= 4 is 33.4 Å². The van der Waals surface area contributed by atoms with E-state index in [1.165, 1.54) is 15.4 Å². The van der Waals surface area contributed by atoms with E-state index in [1.54, 1.807) is 0 Å². The van der Waals surface area contributed by atoms with Crippen LogP contribution in [-0.2, 0) is 20.6 Å². The number of hydrogen-bond acceptors (Lipinski definition) is 4. The second-order valence-electron chi connectivity index (χ2n) is 7.76. The summed E-state index contributed by atoms with van der Waals surface area (Å²) in [6.07, 6.45) is 1.98. The van der Waals surface area contributed by atoms with Crippen LogP contribution in [0.5, 0.6) is 0 Å². The molecule has 1 amide bonds. The van der Waals surface area contributed by atoms with Gasteiger partial charge in [-0.05, 0) is 56.6 Å². The molecule has 5 nitrogen and oxygen atoms in total. The maximum atomic E-state index is 12.4. The number of carbonyl (C=O) groups is 1. The molecule has 30 heavy (non-hydrogen) atoms. The summed E-state index contributed by atoms with van der Waals surface area (Å²) in [5, 5.41) is 2.85. The summed E-state index contributed by atoms with van der Waals surface area (Å²) < 4.78 is 25.9. The summed E-state index contributed by atoms with van der Waals surface area (Å²) in [5.74, 6) is 1.59. The molecule has 0 radical (unpaired) electrons. The molecule has 0 heterocycles. The van der Waals surface area contributed by atoms with Gasteiger partial charge in [-0.25, -0.2) is 8.42 Å². The van der Waals surface area contributed by atoms with Crippen LogP contribution in [0.3, 0.4) is 0 Å². The van der Waals surface area contributed by atoms with Gasteiger partial charge < -0.3 is 5.32 Å². The summed E-state index contributed by atoms with van der Waals surface area (Å²) in [7, 11) is -3.58. The molecule has 0 unspecified atom stereocenters. The Hall–Kier alpha value is -1.99. The van der Waals surface area contributed by atoms with Crippen molar-refractivity contribution in [1.82, 2.24) is 5.32 Å². The Labute approximate surface area is 185 Å². The fourth-order valence-electron chi connectivity index (χ4n) is 3.39. The normalized spacial score (nSPS) is 11.4. The highest BCUT2D eigenvalue weighted by molar-refractivity contribution is 7.98. The molecule has 0 aromatic heterocycles. The summed E-state index contributed by atoms with van der Waals surface area (Å²) in [6.45, 7) is 8.11. The third kappa shape index (κ3) is 7.36. The molecule has 1 N–H and O–H groups in total. The number of sulfonamides is 1. The molecule has 2 aromatic carbocycles. The SMILES string of the molecule is Cc1ccc(CSCCCNC(=O)CN(c2c(C)cc(C)cc2C)S(C)(=O)=O)cc1. The Morgan fingerprint density at radius 2 is 1.60 bits per heavy atom. The minimum Gasteiger partial charge on any atom is -0.354 e. The van der Waals surface area contributed by atoms with E-state index >= 15 is 0 Å². The second kappa shape index (κ2) is 10.9. The fraction of sp³-hybridized carbons (Fsp3) is 0.435. The van der Waals surface area contributed by atoms with Crippen molar-refractivity contribution in [3.8, 4) is 0 Å². The molecule has 7 heteroatoms. The number of nitrogens with one attached hydrogen (secondary N) is 1. The first-order valence-corrected chi connectivity index (χ1v) is 13.0. The lowest BCUT2D eigenvalue weighted by Gasteiger charge is -2.26. The van der Waals surface area contributed by atoms with Crippen molar-refractivity contribution in [3.63, 3.8) is 0 Å². The van der Waals surface area contributed by atoms with Crippen LogP contribution < -0.4 is 9.62 Å². The van der Waals surface area contributed by atoms with Crippen LogP contribution in [0.25, 0.3) is 0 Å². The Bertz CT molecular complexity index is 947. The number of rotatable bonds is 10. The van der Waals surface area contributed by atoms with Gasteiger partial charge in [-0.15, -0.1) is 0 Å². The van der Waals surface area contributed by atoms with Crippen LogP contribution in [0.2, 0.25) is 0 Å². The van der Waals surface area contributed by atoms with Gasteiger partial charge in [0.05, 0.1) is 11.9 Å². The molecule has 0 saturated heterocycles. The summed E-state index contributed by atoms with van der Waals surface area (Å²) in [6, 6.07) is 12.4. The minimum absolute atomic E-state index is 0.208. The van der Waals surface area contributed by atoms with Crippen molar-refractivity contribution in [2.75, 3.05) is 29.4 Å². The van der Waals surface area contributed by atoms with Crippen LogP contribution in [0.1, 0.15) is 34.2 Å². The van der Waals surface area contributed by atoms with Crippen LogP contribution >= 0.6 is 11.8 Å². The largest absolute Gasteiger partial charge is 0.354 e. The average Bonchev–Trinajstić information content (AvgIpc) is 2.63. The van der Waals surface area contributed by atoms with Gasteiger partial charge in [0.15, 0.2) is 0 Å². The maximum absolute atomic E-state index is 12.4. The smallest absolute Gasteiger partial charge is 0.240 e. The number of benzene rings is 2. The van der Waals surface area contributed by atoms with E-state index in [1.807, 2.05) is 44.7 Å². The first-order chi connectivity index (χ1) is 14.1. The van der Waals surface area contributed by atoms with E-state index < -0.39 is 10.0 Å². The summed E-state index contributed by atoms with van der Waals surface area (Å²) >= 11 is 1.83. The lowest BCUT2D eigenvalue weighted by Crippen LogP contribution is -2.41. The molecule has 0 fully saturated rings. The highest BCUT2D eigenvalue weighted by Crippen LogP contribution is 2.28. The molecule has 164 valence electrons. The first-order valence-electron chi connectivity index (χ1n) is 10.0. The van der Waals surface area contributed by atoms with Crippen LogP contribution in [0, 0.1) is 27.7 Å². The average molecular weight is 449 g/mol. The van der Waals surface area contributed by atoms with Gasteiger partial charge in [-0.2, -0.15) is 11.8 Å². The Morgan fingerprint density at radius 1 is 1.00 bits per heavy atom. The molecular weight excluding hydrogens is 416 g/mol. The standard InChI is InChI=1S/C23H32N2O3S2/c1-17-7-9-21(10-8-17)16-29-12-6-11-24-22(26)15-25(30(5,27)28)23-19(3)13-18(2)14-20(23)4/h7-10,13-14H,6,11-12,15-16H2,1-5H3,(H,24,26). The zero-order valence-corrected chi connectivity index (χ0v) is 20.1. The first kappa shape index (κ1) is 24.3. The molecule has 0 spiro atoms. The van der Waals surface area contributed by atoms with Gasteiger partial charge >= 0.3 is 0 Å². The number of anilines is 1. The van der Waals surface area contributed by atoms with Gasteiger partial charge in [0.25, 0.3) is 0 Å². The second-order valence-corrected chi connectivity index (χ2v) is 10.8. The Kier molecular flexibility index (Phi) is 8.79. The van der Waals surface area contributed by atoms with Crippen molar-refractivity contribution in [2.45, 2.75) is 39.9 Å². The predicted molar refractivity (Wildman–Crippen MR) is 128 cm³/mol. The van der Waals surface area contributed by atoms with Gasteiger partial charge in [0.1, 0.15) is 6.54 Å². The van der Waals surface area contributed by atoms with Crippen LogP contribution in [-0.4, -0.2) is 39.4 Å². The minimum atomic E-state index is -3.58. The molecule has 0 bridgehead atoms. The summed E-state index contributed by atoms with van der Waals surface area (Å²) in [4.78, 5) is 12.4. The molecular formula is C23H32N2O3S2. The van der Waals surface area contributed by atoms with Crippen molar-refractivity contribution in [1.29, 1.82) is 0 Å². The van der Waals surface area contributed by atoms with Gasteiger partial charge in [0, 0.05) is 12.3 Å². The third-order valence-corrected chi connectivity index (χ3v) is 6.98. The number of nitrogens with zero attached hydrogens (tertiary/aromatic N) is 1. The number of amides is 1. The predicted octanol–water partition coefficient (Wildman–Crippen LogP) is 4.13. The highest BCUT2D eigenvalue weighted by Gasteiger charge is 2.24. The van der Waals surface area contributed by atoms with E-state index in [0.29, 0.717) is 12.2 Å². The number of hydrogen-bond donors (Lipinski definition) is 1. The van der Waals surface area contributed by atoms with Gasteiger partial charge in [0.2, 0.25) is 15.9 Å². The van der Waals surface area contributed by atoms with Crippen molar-refractivity contribution in [2.24, 2.45) is 0 Å².